The Morgan fingerprint density at radius 2 is 1.41 bits per heavy atom. The van der Waals surface area contributed by atoms with E-state index in [4.69, 9.17) is 0 Å². The number of rotatable bonds is 2. The van der Waals surface area contributed by atoms with E-state index in [1.54, 1.807) is 6.07 Å². The quantitative estimate of drug-likeness (QED) is 0.544. The van der Waals surface area contributed by atoms with Gasteiger partial charge in [-0.3, -0.25) is 0 Å². The first-order valence-electron chi connectivity index (χ1n) is 8.46. The third-order valence-electron chi connectivity index (χ3n) is 4.03. The Kier molecular flexibility index (Phi) is 8.27. The van der Waals surface area contributed by atoms with Crippen LogP contribution < -0.4 is 21.3 Å². The second-order valence-corrected chi connectivity index (χ2v) is 5.96. The van der Waals surface area contributed by atoms with Gasteiger partial charge in [0, 0.05) is 26.2 Å². The van der Waals surface area contributed by atoms with Crippen molar-refractivity contribution in [2.45, 2.75) is 12.8 Å². The van der Waals surface area contributed by atoms with Crippen LogP contribution >= 0.6 is 0 Å². The number of hydrogen-bond acceptors (Lipinski definition) is 5. The molecule has 1 aromatic rings. The first-order chi connectivity index (χ1) is 10.9. The van der Waals surface area contributed by atoms with E-state index in [1.807, 2.05) is 18.2 Å². The van der Waals surface area contributed by atoms with E-state index in [2.05, 4.69) is 21.3 Å². The van der Waals surface area contributed by atoms with E-state index >= 15 is 0 Å². The highest BCUT2D eigenvalue weighted by Crippen LogP contribution is 2.19. The van der Waals surface area contributed by atoms with Crippen LogP contribution in [0.2, 0.25) is 0 Å². The minimum Gasteiger partial charge on any atom is -0.508 e. The minimum atomic E-state index is 0.408. The second-order valence-electron chi connectivity index (χ2n) is 5.96. The van der Waals surface area contributed by atoms with Crippen molar-refractivity contribution >= 4 is 0 Å². The maximum atomic E-state index is 9.96. The van der Waals surface area contributed by atoms with Gasteiger partial charge in [-0.1, -0.05) is 18.2 Å². The Hall–Kier alpha value is -1.14. The van der Waals surface area contributed by atoms with Gasteiger partial charge in [0.2, 0.25) is 0 Å². The number of para-hydroxylation sites is 1. The van der Waals surface area contributed by atoms with Crippen LogP contribution in [0.4, 0.5) is 0 Å². The Morgan fingerprint density at radius 1 is 0.818 bits per heavy atom. The van der Waals surface area contributed by atoms with Gasteiger partial charge in [0.1, 0.15) is 5.75 Å². The molecule has 1 aliphatic rings. The van der Waals surface area contributed by atoms with Crippen molar-refractivity contribution in [1.29, 1.82) is 0 Å². The van der Waals surface area contributed by atoms with Crippen LogP contribution in [0.25, 0.3) is 0 Å². The summed E-state index contributed by atoms with van der Waals surface area (Å²) in [5.41, 5.74) is 1.04. The number of phenolic OH excluding ortho intramolecular Hbond substituents is 1. The summed E-state index contributed by atoms with van der Waals surface area (Å²) in [5.74, 6) is 0.890. The predicted octanol–water partition coefficient (Wildman–Crippen LogP) is 0.313. The molecule has 2 rings (SSSR count). The molecule has 0 amide bonds. The zero-order valence-electron chi connectivity index (χ0n) is 13.4. The highest BCUT2D eigenvalue weighted by molar-refractivity contribution is 5.32. The lowest BCUT2D eigenvalue weighted by Gasteiger charge is -2.20. The van der Waals surface area contributed by atoms with Gasteiger partial charge in [-0.2, -0.15) is 0 Å². The Bertz CT molecular complexity index is 399. The van der Waals surface area contributed by atoms with Crippen LogP contribution in [0.1, 0.15) is 12.0 Å². The van der Waals surface area contributed by atoms with E-state index in [1.165, 1.54) is 6.42 Å². The van der Waals surface area contributed by atoms with Crippen LogP contribution in [-0.4, -0.2) is 57.5 Å². The molecular formula is C17H30N4O. The van der Waals surface area contributed by atoms with Gasteiger partial charge in [0.25, 0.3) is 0 Å². The SMILES string of the molecule is Oc1ccccc1CC1CNCCNCCCNCCNC1. The molecule has 1 heterocycles. The van der Waals surface area contributed by atoms with Crippen LogP contribution in [0, 0.1) is 5.92 Å². The molecule has 1 aliphatic heterocycles. The van der Waals surface area contributed by atoms with Gasteiger partial charge in [0.05, 0.1) is 0 Å². The third kappa shape index (κ3) is 6.75. The molecule has 0 aromatic heterocycles. The molecule has 1 fully saturated rings. The van der Waals surface area contributed by atoms with Crippen molar-refractivity contribution < 1.29 is 5.11 Å². The molecule has 0 bridgehead atoms. The standard InChI is InChI=1S/C17H30N4O/c22-17-5-2-1-4-16(17)12-15-13-20-10-8-18-6-3-7-19-9-11-21-14-15/h1-2,4-5,15,18-22H,3,6-14H2. The number of aromatic hydroxyl groups is 1. The smallest absolute Gasteiger partial charge is 0.118 e. The van der Waals surface area contributed by atoms with Crippen LogP contribution in [0.3, 0.4) is 0 Å². The van der Waals surface area contributed by atoms with Crippen LogP contribution in [-0.2, 0) is 6.42 Å². The molecule has 0 spiro atoms. The highest BCUT2D eigenvalue weighted by Gasteiger charge is 2.11. The molecule has 0 radical (unpaired) electrons. The summed E-state index contributed by atoms with van der Waals surface area (Å²) in [6.45, 7) is 8.09. The summed E-state index contributed by atoms with van der Waals surface area (Å²) < 4.78 is 0. The molecule has 0 atom stereocenters. The Labute approximate surface area is 133 Å². The lowest BCUT2D eigenvalue weighted by Crippen LogP contribution is -2.39. The zero-order chi connectivity index (χ0) is 15.5. The zero-order valence-corrected chi connectivity index (χ0v) is 13.4. The summed E-state index contributed by atoms with van der Waals surface area (Å²) in [6.07, 6.45) is 2.07. The summed E-state index contributed by atoms with van der Waals surface area (Å²) in [4.78, 5) is 0. The molecule has 124 valence electrons. The molecule has 1 aromatic carbocycles. The van der Waals surface area contributed by atoms with Gasteiger partial charge in [0.15, 0.2) is 0 Å². The Morgan fingerprint density at radius 3 is 2.05 bits per heavy atom. The molecule has 22 heavy (non-hydrogen) atoms. The molecule has 5 N–H and O–H groups in total. The van der Waals surface area contributed by atoms with Crippen molar-refractivity contribution in [2.75, 3.05) is 52.4 Å². The molecule has 0 aliphatic carbocycles. The second kappa shape index (κ2) is 10.6. The fourth-order valence-electron chi connectivity index (χ4n) is 2.77. The van der Waals surface area contributed by atoms with Crippen LogP contribution in [0.15, 0.2) is 24.3 Å². The average molecular weight is 306 g/mol. The molecular weight excluding hydrogens is 276 g/mol. The third-order valence-corrected chi connectivity index (χ3v) is 4.03. The van der Waals surface area contributed by atoms with Crippen LogP contribution in [0.5, 0.6) is 5.75 Å². The van der Waals surface area contributed by atoms with Gasteiger partial charge < -0.3 is 26.4 Å². The normalized spacial score (nSPS) is 20.4. The number of hydrogen-bond donors (Lipinski definition) is 5. The summed E-state index contributed by atoms with van der Waals surface area (Å²) in [7, 11) is 0. The minimum absolute atomic E-state index is 0.408. The van der Waals surface area contributed by atoms with E-state index < -0.39 is 0 Å². The maximum Gasteiger partial charge on any atom is 0.118 e. The Balaban J connectivity index is 1.84. The van der Waals surface area contributed by atoms with Gasteiger partial charge >= 0.3 is 0 Å². The van der Waals surface area contributed by atoms with Crippen molar-refractivity contribution in [3.63, 3.8) is 0 Å². The number of phenols is 1. The van der Waals surface area contributed by atoms with E-state index in [-0.39, 0.29) is 0 Å². The topological polar surface area (TPSA) is 68.3 Å². The molecule has 0 saturated carbocycles. The summed E-state index contributed by atoms with van der Waals surface area (Å²) in [5, 5.41) is 23.9. The predicted molar refractivity (Wildman–Crippen MR) is 91.4 cm³/mol. The number of nitrogens with one attached hydrogen (secondary N) is 4. The monoisotopic (exact) mass is 306 g/mol. The van der Waals surface area contributed by atoms with Crippen molar-refractivity contribution in [3.8, 4) is 5.75 Å². The fourth-order valence-corrected chi connectivity index (χ4v) is 2.77. The molecule has 5 heteroatoms. The van der Waals surface area contributed by atoms with Crippen molar-refractivity contribution in [1.82, 2.24) is 21.3 Å². The first-order valence-corrected chi connectivity index (χ1v) is 8.46. The van der Waals surface area contributed by atoms with Gasteiger partial charge in [-0.05, 0) is 56.6 Å². The lowest BCUT2D eigenvalue weighted by atomic mass is 9.98. The molecule has 1 saturated heterocycles. The van der Waals surface area contributed by atoms with E-state index in [9.17, 15) is 5.11 Å². The van der Waals surface area contributed by atoms with Gasteiger partial charge in [-0.15, -0.1) is 0 Å². The average Bonchev–Trinajstić information content (AvgIpc) is 2.53. The summed E-state index contributed by atoms with van der Waals surface area (Å²) >= 11 is 0. The summed E-state index contributed by atoms with van der Waals surface area (Å²) in [6, 6.07) is 7.66. The lowest BCUT2D eigenvalue weighted by molar-refractivity contribution is 0.417. The molecule has 0 unspecified atom stereocenters. The van der Waals surface area contributed by atoms with E-state index in [0.29, 0.717) is 11.7 Å². The highest BCUT2D eigenvalue weighted by atomic mass is 16.3. The number of benzene rings is 1. The van der Waals surface area contributed by atoms with Gasteiger partial charge in [-0.25, -0.2) is 0 Å². The maximum absolute atomic E-state index is 9.96. The molecule has 5 nitrogen and oxygen atoms in total. The largest absolute Gasteiger partial charge is 0.508 e. The van der Waals surface area contributed by atoms with Crippen molar-refractivity contribution in [3.05, 3.63) is 29.8 Å². The van der Waals surface area contributed by atoms with E-state index in [0.717, 1.165) is 64.3 Å². The fraction of sp³-hybridized carbons (Fsp3) is 0.647. The van der Waals surface area contributed by atoms with Crippen molar-refractivity contribution in [2.24, 2.45) is 5.92 Å². The first kappa shape index (κ1) is 17.2.